The molecule has 0 aliphatic carbocycles. The molecule has 1 fully saturated rings. The van der Waals surface area contributed by atoms with Gasteiger partial charge in [-0.25, -0.2) is 0 Å². The van der Waals surface area contributed by atoms with E-state index in [1.54, 1.807) is 6.07 Å². The van der Waals surface area contributed by atoms with E-state index in [1.807, 2.05) is 0 Å². The van der Waals surface area contributed by atoms with Crippen LogP contribution in [-0.2, 0) is 4.74 Å². The van der Waals surface area contributed by atoms with E-state index in [2.05, 4.69) is 41.4 Å². The Labute approximate surface area is 157 Å². The van der Waals surface area contributed by atoms with Crippen molar-refractivity contribution >= 4 is 23.0 Å². The summed E-state index contributed by atoms with van der Waals surface area (Å²) in [7, 11) is 0. The van der Waals surface area contributed by atoms with Crippen LogP contribution in [0.5, 0.6) is 0 Å². The van der Waals surface area contributed by atoms with Gasteiger partial charge in [-0.05, 0) is 18.6 Å². The third-order valence-electron chi connectivity index (χ3n) is 4.52. The highest BCUT2D eigenvalue weighted by molar-refractivity contribution is 6.33. The normalized spacial score (nSPS) is 16.2. The van der Waals surface area contributed by atoms with Crippen molar-refractivity contribution in [3.8, 4) is 0 Å². The molecular weight excluding hydrogens is 354 g/mol. The standard InChI is InChI=1S/C19H22ClN3O3/c1-14-2-4-15(5-3-14)19(13-22-8-10-26-11-9-22)21-18-7-6-16(23(24)25)12-17(18)20/h2-7,12,19,21H,8-11,13H2,1H3/t19-/m0/s1. The van der Waals surface area contributed by atoms with E-state index in [1.165, 1.54) is 17.7 Å². The molecule has 6 nitrogen and oxygen atoms in total. The van der Waals surface area contributed by atoms with E-state index in [0.717, 1.165) is 38.4 Å². The molecule has 1 atom stereocenters. The van der Waals surface area contributed by atoms with Crippen molar-refractivity contribution in [1.82, 2.24) is 4.90 Å². The van der Waals surface area contributed by atoms with Crippen LogP contribution in [0.25, 0.3) is 0 Å². The Hall–Kier alpha value is -2.15. The lowest BCUT2D eigenvalue weighted by Crippen LogP contribution is -2.40. The molecule has 0 amide bonds. The van der Waals surface area contributed by atoms with Gasteiger partial charge < -0.3 is 10.1 Å². The number of anilines is 1. The Morgan fingerprint density at radius 3 is 2.54 bits per heavy atom. The zero-order valence-electron chi connectivity index (χ0n) is 14.7. The minimum absolute atomic E-state index is 0.0133. The van der Waals surface area contributed by atoms with Gasteiger partial charge in [0.1, 0.15) is 0 Å². The molecule has 0 bridgehead atoms. The topological polar surface area (TPSA) is 67.6 Å². The third kappa shape index (κ3) is 4.72. The predicted octanol–water partition coefficient (Wildman–Crippen LogP) is 4.04. The van der Waals surface area contributed by atoms with Crippen molar-refractivity contribution in [1.29, 1.82) is 0 Å². The Balaban J connectivity index is 1.82. The smallest absolute Gasteiger partial charge is 0.271 e. The minimum atomic E-state index is -0.444. The van der Waals surface area contributed by atoms with Crippen LogP contribution >= 0.6 is 11.6 Å². The highest BCUT2D eigenvalue weighted by Gasteiger charge is 2.20. The second-order valence-electron chi connectivity index (χ2n) is 6.44. The van der Waals surface area contributed by atoms with Gasteiger partial charge in [-0.1, -0.05) is 41.4 Å². The first-order valence-electron chi connectivity index (χ1n) is 8.60. The van der Waals surface area contributed by atoms with Crippen LogP contribution in [0.2, 0.25) is 5.02 Å². The molecule has 2 aromatic rings. The number of nitrogens with zero attached hydrogens (tertiary/aromatic N) is 2. The van der Waals surface area contributed by atoms with E-state index in [-0.39, 0.29) is 11.7 Å². The largest absolute Gasteiger partial charge is 0.379 e. The first-order chi connectivity index (χ1) is 12.5. The number of halogens is 1. The third-order valence-corrected chi connectivity index (χ3v) is 4.83. The summed E-state index contributed by atoms with van der Waals surface area (Å²) in [6.07, 6.45) is 0. The van der Waals surface area contributed by atoms with Gasteiger partial charge in [0.2, 0.25) is 0 Å². The maximum atomic E-state index is 10.9. The van der Waals surface area contributed by atoms with Gasteiger partial charge in [-0.2, -0.15) is 0 Å². The molecule has 0 unspecified atom stereocenters. The number of ether oxygens (including phenoxy) is 1. The molecule has 138 valence electrons. The van der Waals surface area contributed by atoms with Gasteiger partial charge in [-0.15, -0.1) is 0 Å². The lowest BCUT2D eigenvalue weighted by Gasteiger charge is -2.31. The van der Waals surface area contributed by atoms with Crippen LogP contribution in [0.4, 0.5) is 11.4 Å². The zero-order chi connectivity index (χ0) is 18.5. The number of benzene rings is 2. The summed E-state index contributed by atoms with van der Waals surface area (Å²) >= 11 is 6.27. The first kappa shape index (κ1) is 18.6. The minimum Gasteiger partial charge on any atom is -0.379 e. The maximum absolute atomic E-state index is 10.9. The Bertz CT molecular complexity index is 761. The number of nitro groups is 1. The zero-order valence-corrected chi connectivity index (χ0v) is 15.4. The summed E-state index contributed by atoms with van der Waals surface area (Å²) in [4.78, 5) is 12.8. The number of nitro benzene ring substituents is 1. The molecule has 0 radical (unpaired) electrons. The van der Waals surface area contributed by atoms with Crippen LogP contribution in [0.15, 0.2) is 42.5 Å². The van der Waals surface area contributed by atoms with Crippen molar-refractivity contribution in [3.05, 3.63) is 68.7 Å². The average molecular weight is 376 g/mol. The van der Waals surface area contributed by atoms with Crippen molar-refractivity contribution in [2.45, 2.75) is 13.0 Å². The van der Waals surface area contributed by atoms with E-state index < -0.39 is 4.92 Å². The molecule has 1 aliphatic rings. The van der Waals surface area contributed by atoms with Crippen molar-refractivity contribution in [3.63, 3.8) is 0 Å². The lowest BCUT2D eigenvalue weighted by atomic mass is 10.0. The van der Waals surface area contributed by atoms with Gasteiger partial charge in [0.05, 0.1) is 34.9 Å². The van der Waals surface area contributed by atoms with Crippen molar-refractivity contribution < 1.29 is 9.66 Å². The quantitative estimate of drug-likeness (QED) is 0.609. The van der Waals surface area contributed by atoms with Crippen LogP contribution in [0.3, 0.4) is 0 Å². The van der Waals surface area contributed by atoms with E-state index in [9.17, 15) is 10.1 Å². The summed E-state index contributed by atoms with van der Waals surface area (Å²) in [5.74, 6) is 0. The molecule has 1 saturated heterocycles. The number of hydrogen-bond acceptors (Lipinski definition) is 5. The number of rotatable bonds is 6. The van der Waals surface area contributed by atoms with Gasteiger partial charge in [-0.3, -0.25) is 15.0 Å². The second kappa shape index (κ2) is 8.49. The van der Waals surface area contributed by atoms with E-state index in [0.29, 0.717) is 10.7 Å². The summed E-state index contributed by atoms with van der Waals surface area (Å²) in [5.41, 5.74) is 3.03. The van der Waals surface area contributed by atoms with Gasteiger partial charge >= 0.3 is 0 Å². The maximum Gasteiger partial charge on any atom is 0.271 e. The molecule has 1 aliphatic heterocycles. The van der Waals surface area contributed by atoms with Gasteiger partial charge in [0.25, 0.3) is 5.69 Å². The summed E-state index contributed by atoms with van der Waals surface area (Å²) in [6.45, 7) is 6.11. The fraction of sp³-hybridized carbons (Fsp3) is 0.368. The summed E-state index contributed by atoms with van der Waals surface area (Å²) in [6, 6.07) is 12.9. The highest BCUT2D eigenvalue weighted by Crippen LogP contribution is 2.30. The van der Waals surface area contributed by atoms with Crippen molar-refractivity contribution in [2.24, 2.45) is 0 Å². The highest BCUT2D eigenvalue weighted by atomic mass is 35.5. The molecule has 1 heterocycles. The molecular formula is C19H22ClN3O3. The molecule has 0 saturated carbocycles. The molecule has 0 aromatic heterocycles. The summed E-state index contributed by atoms with van der Waals surface area (Å²) < 4.78 is 5.43. The first-order valence-corrected chi connectivity index (χ1v) is 8.98. The summed E-state index contributed by atoms with van der Waals surface area (Å²) in [5, 5.41) is 14.7. The average Bonchev–Trinajstić information content (AvgIpc) is 2.64. The van der Waals surface area contributed by atoms with E-state index >= 15 is 0 Å². The molecule has 7 heteroatoms. The van der Waals surface area contributed by atoms with Crippen LogP contribution in [-0.4, -0.2) is 42.7 Å². The second-order valence-corrected chi connectivity index (χ2v) is 6.85. The van der Waals surface area contributed by atoms with Crippen LogP contribution in [0, 0.1) is 17.0 Å². The number of non-ortho nitro benzene ring substituents is 1. The number of hydrogen-bond donors (Lipinski definition) is 1. The number of morpholine rings is 1. The fourth-order valence-corrected chi connectivity index (χ4v) is 3.23. The predicted molar refractivity (Wildman–Crippen MR) is 103 cm³/mol. The van der Waals surface area contributed by atoms with Crippen molar-refractivity contribution in [2.75, 3.05) is 38.2 Å². The molecule has 26 heavy (non-hydrogen) atoms. The molecule has 2 aromatic carbocycles. The molecule has 0 spiro atoms. The fourth-order valence-electron chi connectivity index (χ4n) is 3.00. The molecule has 1 N–H and O–H groups in total. The molecule has 3 rings (SSSR count). The Morgan fingerprint density at radius 2 is 1.92 bits per heavy atom. The Kier molecular flexibility index (Phi) is 6.08. The van der Waals surface area contributed by atoms with Crippen LogP contribution < -0.4 is 5.32 Å². The number of aryl methyl sites for hydroxylation is 1. The number of nitrogens with one attached hydrogen (secondary N) is 1. The van der Waals surface area contributed by atoms with E-state index in [4.69, 9.17) is 16.3 Å². The van der Waals surface area contributed by atoms with Crippen LogP contribution in [0.1, 0.15) is 17.2 Å². The Morgan fingerprint density at radius 1 is 1.23 bits per heavy atom. The monoisotopic (exact) mass is 375 g/mol. The van der Waals surface area contributed by atoms with Gasteiger partial charge in [0.15, 0.2) is 0 Å². The van der Waals surface area contributed by atoms with Gasteiger partial charge in [0, 0.05) is 31.8 Å². The SMILES string of the molecule is Cc1ccc([C@H](CN2CCOCC2)Nc2ccc([N+](=O)[O-])cc2Cl)cc1. The lowest BCUT2D eigenvalue weighted by molar-refractivity contribution is -0.384.